The third kappa shape index (κ3) is 3.43. The highest BCUT2D eigenvalue weighted by Crippen LogP contribution is 2.47. The number of carbonyl (C=O) groups is 3. The third-order valence-corrected chi connectivity index (χ3v) is 5.35. The number of hydrogen-bond acceptors (Lipinski definition) is 3. The Labute approximate surface area is 157 Å². The van der Waals surface area contributed by atoms with Crippen molar-refractivity contribution in [1.82, 2.24) is 15.5 Å². The average Bonchev–Trinajstić information content (AvgIpc) is 3.44. The minimum atomic E-state index is -0.420. The minimum absolute atomic E-state index is 0.00674. The summed E-state index contributed by atoms with van der Waals surface area (Å²) in [6.45, 7) is 0.679. The number of benzene rings is 2. The molecule has 2 N–H and O–H groups in total. The summed E-state index contributed by atoms with van der Waals surface area (Å²) < 4.78 is 0. The van der Waals surface area contributed by atoms with Gasteiger partial charge in [-0.1, -0.05) is 48.5 Å². The average molecular weight is 363 g/mol. The maximum Gasteiger partial charge on any atom is 0.324 e. The van der Waals surface area contributed by atoms with Crippen LogP contribution in [0.1, 0.15) is 34.3 Å². The lowest BCUT2D eigenvalue weighted by molar-refractivity contribution is -0.125. The lowest BCUT2D eigenvalue weighted by Crippen LogP contribution is -2.34. The highest BCUT2D eigenvalue weighted by Gasteiger charge is 2.44. The van der Waals surface area contributed by atoms with E-state index in [1.807, 2.05) is 18.2 Å². The number of amides is 4. The highest BCUT2D eigenvalue weighted by molar-refractivity contribution is 6.02. The molecule has 2 aromatic carbocycles. The molecule has 6 heteroatoms. The molecule has 2 aromatic rings. The van der Waals surface area contributed by atoms with Crippen LogP contribution in [0, 0.1) is 0 Å². The summed E-state index contributed by atoms with van der Waals surface area (Å²) in [5.41, 5.74) is 2.42. The van der Waals surface area contributed by atoms with E-state index in [4.69, 9.17) is 0 Å². The molecule has 0 radical (unpaired) electrons. The van der Waals surface area contributed by atoms with Crippen LogP contribution in [0.25, 0.3) is 0 Å². The number of rotatable bonds is 6. The SMILES string of the molecule is O=C(NCC1(c2ccccc2)CC1)c1ccccc1CN1C(=O)CNC1=O. The first-order valence-electron chi connectivity index (χ1n) is 9.09. The zero-order valence-electron chi connectivity index (χ0n) is 14.9. The number of carbonyl (C=O) groups excluding carboxylic acids is 3. The van der Waals surface area contributed by atoms with Crippen LogP contribution in [0.4, 0.5) is 4.79 Å². The molecule has 0 spiro atoms. The fraction of sp³-hybridized carbons (Fsp3) is 0.286. The molecule has 1 saturated heterocycles. The van der Waals surface area contributed by atoms with Gasteiger partial charge >= 0.3 is 6.03 Å². The van der Waals surface area contributed by atoms with Gasteiger partial charge in [0, 0.05) is 17.5 Å². The van der Waals surface area contributed by atoms with Gasteiger partial charge in [0.25, 0.3) is 5.91 Å². The lowest BCUT2D eigenvalue weighted by Gasteiger charge is -2.18. The molecule has 138 valence electrons. The maximum atomic E-state index is 12.8. The second kappa shape index (κ2) is 6.87. The molecule has 1 aliphatic carbocycles. The highest BCUT2D eigenvalue weighted by atomic mass is 16.2. The van der Waals surface area contributed by atoms with Crippen LogP contribution in [0.15, 0.2) is 54.6 Å². The number of nitrogens with one attached hydrogen (secondary N) is 2. The van der Waals surface area contributed by atoms with Crippen LogP contribution >= 0.6 is 0 Å². The van der Waals surface area contributed by atoms with Crippen LogP contribution in [0.3, 0.4) is 0 Å². The molecule has 6 nitrogen and oxygen atoms in total. The van der Waals surface area contributed by atoms with Crippen molar-refractivity contribution >= 4 is 17.8 Å². The van der Waals surface area contributed by atoms with E-state index in [1.165, 1.54) is 5.56 Å². The van der Waals surface area contributed by atoms with E-state index in [0.717, 1.165) is 17.7 Å². The van der Waals surface area contributed by atoms with Crippen molar-refractivity contribution in [3.8, 4) is 0 Å². The number of hydrogen-bond donors (Lipinski definition) is 2. The smallest absolute Gasteiger partial charge is 0.324 e. The van der Waals surface area contributed by atoms with E-state index in [2.05, 4.69) is 22.8 Å². The molecule has 27 heavy (non-hydrogen) atoms. The van der Waals surface area contributed by atoms with Gasteiger partial charge in [-0.25, -0.2) is 4.79 Å². The van der Waals surface area contributed by atoms with Gasteiger partial charge in [-0.15, -0.1) is 0 Å². The molecule has 0 aromatic heterocycles. The standard InChI is InChI=1S/C21H21N3O3/c25-18-12-22-20(27)24(18)13-15-6-4-5-9-17(15)19(26)23-14-21(10-11-21)16-7-2-1-3-8-16/h1-9H,10-14H2,(H,22,27)(H,23,26). The van der Waals surface area contributed by atoms with E-state index in [-0.39, 0.29) is 30.3 Å². The van der Waals surface area contributed by atoms with Crippen LogP contribution in [-0.2, 0) is 16.8 Å². The van der Waals surface area contributed by atoms with E-state index in [9.17, 15) is 14.4 Å². The first kappa shape index (κ1) is 17.3. The Hall–Kier alpha value is -3.15. The second-order valence-electron chi connectivity index (χ2n) is 7.12. The van der Waals surface area contributed by atoms with Gasteiger partial charge in [0.05, 0.1) is 13.1 Å². The van der Waals surface area contributed by atoms with E-state index < -0.39 is 6.03 Å². The number of nitrogens with zero attached hydrogens (tertiary/aromatic N) is 1. The summed E-state index contributed by atoms with van der Waals surface area (Å²) in [6, 6.07) is 16.9. The third-order valence-electron chi connectivity index (χ3n) is 5.35. The molecule has 2 aliphatic rings. The molecule has 1 heterocycles. The molecule has 4 amide bonds. The second-order valence-corrected chi connectivity index (χ2v) is 7.12. The first-order chi connectivity index (χ1) is 13.1. The van der Waals surface area contributed by atoms with Crippen molar-refractivity contribution in [3.05, 3.63) is 71.3 Å². The Morgan fingerprint density at radius 1 is 1.04 bits per heavy atom. The Morgan fingerprint density at radius 3 is 2.41 bits per heavy atom. The normalized spacial score (nSPS) is 17.6. The zero-order valence-corrected chi connectivity index (χ0v) is 14.9. The van der Waals surface area contributed by atoms with E-state index >= 15 is 0 Å². The van der Waals surface area contributed by atoms with Crippen LogP contribution in [-0.4, -0.2) is 35.8 Å². The van der Waals surface area contributed by atoms with Crippen molar-refractivity contribution in [2.45, 2.75) is 24.8 Å². The zero-order chi connectivity index (χ0) is 18.9. The van der Waals surface area contributed by atoms with Crippen LogP contribution < -0.4 is 10.6 Å². The molecule has 2 fully saturated rings. The molecule has 0 atom stereocenters. The van der Waals surface area contributed by atoms with Crippen molar-refractivity contribution in [2.24, 2.45) is 0 Å². The quantitative estimate of drug-likeness (QED) is 0.773. The Balaban J connectivity index is 1.47. The predicted molar refractivity (Wildman–Crippen MR) is 100 cm³/mol. The van der Waals surface area contributed by atoms with Gasteiger partial charge in [0.1, 0.15) is 0 Å². The number of urea groups is 1. The maximum absolute atomic E-state index is 12.8. The summed E-state index contributed by atoms with van der Waals surface area (Å²) >= 11 is 0. The molecular weight excluding hydrogens is 342 g/mol. The predicted octanol–water partition coefficient (Wildman–Crippen LogP) is 2.20. The summed E-state index contributed by atoms with van der Waals surface area (Å²) in [6.07, 6.45) is 2.11. The van der Waals surface area contributed by atoms with Gasteiger partial charge in [-0.3, -0.25) is 14.5 Å². The summed E-state index contributed by atoms with van der Waals surface area (Å²) in [4.78, 5) is 37.6. The molecule has 1 saturated carbocycles. The number of imide groups is 1. The van der Waals surface area contributed by atoms with Gasteiger partial charge < -0.3 is 10.6 Å². The fourth-order valence-electron chi connectivity index (χ4n) is 3.52. The fourth-order valence-corrected chi connectivity index (χ4v) is 3.52. The largest absolute Gasteiger partial charge is 0.351 e. The van der Waals surface area contributed by atoms with E-state index in [0.29, 0.717) is 17.7 Å². The van der Waals surface area contributed by atoms with Crippen molar-refractivity contribution in [1.29, 1.82) is 0 Å². The molecule has 0 bridgehead atoms. The minimum Gasteiger partial charge on any atom is -0.351 e. The van der Waals surface area contributed by atoms with E-state index in [1.54, 1.807) is 24.3 Å². The van der Waals surface area contributed by atoms with Gasteiger partial charge in [-0.2, -0.15) is 0 Å². The van der Waals surface area contributed by atoms with Gasteiger partial charge in [0.15, 0.2) is 0 Å². The van der Waals surface area contributed by atoms with Crippen molar-refractivity contribution in [3.63, 3.8) is 0 Å². The Bertz CT molecular complexity index is 875. The summed E-state index contributed by atoms with van der Waals surface area (Å²) in [5, 5.41) is 5.54. The molecule has 4 rings (SSSR count). The van der Waals surface area contributed by atoms with Crippen molar-refractivity contribution in [2.75, 3.05) is 13.1 Å². The van der Waals surface area contributed by atoms with Crippen LogP contribution in [0.5, 0.6) is 0 Å². The molecule has 0 unspecified atom stereocenters. The molecule has 1 aliphatic heterocycles. The summed E-state index contributed by atoms with van der Waals surface area (Å²) in [5.74, 6) is -0.462. The lowest BCUT2D eigenvalue weighted by atomic mass is 9.96. The van der Waals surface area contributed by atoms with Crippen molar-refractivity contribution < 1.29 is 14.4 Å². The monoisotopic (exact) mass is 363 g/mol. The van der Waals surface area contributed by atoms with Gasteiger partial charge in [0.2, 0.25) is 5.91 Å². The van der Waals surface area contributed by atoms with Gasteiger partial charge in [-0.05, 0) is 30.0 Å². The Kier molecular flexibility index (Phi) is 4.39. The topological polar surface area (TPSA) is 78.5 Å². The summed E-state index contributed by atoms with van der Waals surface area (Å²) in [7, 11) is 0. The van der Waals surface area contributed by atoms with Crippen LogP contribution in [0.2, 0.25) is 0 Å². The Morgan fingerprint density at radius 2 is 1.74 bits per heavy atom. The first-order valence-corrected chi connectivity index (χ1v) is 9.09. The molecular formula is C21H21N3O3.